The van der Waals surface area contributed by atoms with Crippen molar-refractivity contribution in [3.63, 3.8) is 0 Å². The van der Waals surface area contributed by atoms with Crippen molar-refractivity contribution >= 4 is 21.9 Å². The summed E-state index contributed by atoms with van der Waals surface area (Å²) in [4.78, 5) is 12.6. The van der Waals surface area contributed by atoms with Crippen LogP contribution in [0.5, 0.6) is 5.75 Å². The van der Waals surface area contributed by atoms with Crippen LogP contribution in [0.15, 0.2) is 79.0 Å². The fraction of sp³-hybridized carbons (Fsp3) is 0. The Morgan fingerprint density at radius 3 is 2.62 bits per heavy atom. The van der Waals surface area contributed by atoms with Crippen molar-refractivity contribution in [2.45, 2.75) is 0 Å². The van der Waals surface area contributed by atoms with Crippen LogP contribution in [0.1, 0.15) is 0 Å². The van der Waals surface area contributed by atoms with Crippen molar-refractivity contribution in [1.29, 1.82) is 0 Å². The molecule has 2 aromatic carbocycles. The first-order chi connectivity index (χ1) is 15.7. The van der Waals surface area contributed by atoms with E-state index in [4.69, 9.17) is 4.98 Å². The van der Waals surface area contributed by atoms with Crippen LogP contribution in [-0.2, 0) is 0 Å². The molecule has 6 rings (SSSR count). The molecule has 0 spiro atoms. The Hall–Kier alpha value is -4.52. The van der Waals surface area contributed by atoms with Gasteiger partial charge in [0.25, 0.3) is 0 Å². The fourth-order valence-electron chi connectivity index (χ4n) is 4.01. The molecular weight excluding hydrogens is 405 g/mol. The third-order valence-corrected chi connectivity index (χ3v) is 5.45. The smallest absolute Gasteiger partial charge is 0.135 e. The van der Waals surface area contributed by atoms with E-state index in [1.54, 1.807) is 12.3 Å². The number of hydrogen-bond donors (Lipinski definition) is 3. The lowest BCUT2D eigenvalue weighted by molar-refractivity contribution is 0.469. The molecule has 0 aliphatic rings. The van der Waals surface area contributed by atoms with Gasteiger partial charge in [-0.1, -0.05) is 18.2 Å². The lowest BCUT2D eigenvalue weighted by atomic mass is 10.0. The van der Waals surface area contributed by atoms with Gasteiger partial charge >= 0.3 is 0 Å². The van der Waals surface area contributed by atoms with Crippen molar-refractivity contribution in [2.75, 3.05) is 0 Å². The van der Waals surface area contributed by atoms with Gasteiger partial charge in [0.05, 0.1) is 22.6 Å². The quantitative estimate of drug-likeness (QED) is 0.343. The average molecular weight is 421 g/mol. The summed E-state index contributed by atoms with van der Waals surface area (Å²) in [5.41, 5.74) is 6.82. The van der Waals surface area contributed by atoms with Crippen molar-refractivity contribution in [2.24, 2.45) is 0 Å². The molecular formula is C25H16FN5O. The summed E-state index contributed by atoms with van der Waals surface area (Å²) in [6.45, 7) is 0. The molecule has 3 N–H and O–H groups in total. The lowest BCUT2D eigenvalue weighted by Gasteiger charge is -2.05. The highest BCUT2D eigenvalue weighted by Gasteiger charge is 2.16. The molecule has 0 saturated carbocycles. The minimum atomic E-state index is -0.489. The van der Waals surface area contributed by atoms with E-state index < -0.39 is 5.82 Å². The first kappa shape index (κ1) is 18.3. The Labute approximate surface area is 181 Å². The Morgan fingerprint density at radius 2 is 1.78 bits per heavy atom. The van der Waals surface area contributed by atoms with Crippen LogP contribution in [0.4, 0.5) is 4.39 Å². The highest BCUT2D eigenvalue weighted by atomic mass is 19.1. The number of benzene rings is 2. The average Bonchev–Trinajstić information content (AvgIpc) is 3.42. The maximum atomic E-state index is 13.9. The molecule has 0 bridgehead atoms. The number of phenols is 1. The molecule has 7 heteroatoms. The number of hydrogen-bond acceptors (Lipinski definition) is 4. The second kappa shape index (κ2) is 7.02. The number of nitrogens with one attached hydrogen (secondary N) is 2. The highest BCUT2D eigenvalue weighted by Crippen LogP contribution is 2.35. The minimum Gasteiger partial charge on any atom is -0.508 e. The molecule has 4 aromatic heterocycles. The lowest BCUT2D eigenvalue weighted by Crippen LogP contribution is -1.87. The predicted molar refractivity (Wildman–Crippen MR) is 121 cm³/mol. The third-order valence-electron chi connectivity index (χ3n) is 5.45. The van der Waals surface area contributed by atoms with Crippen LogP contribution < -0.4 is 0 Å². The third kappa shape index (κ3) is 2.99. The molecule has 0 atom stereocenters. The summed E-state index contributed by atoms with van der Waals surface area (Å²) in [6.07, 6.45) is 1.74. The van der Waals surface area contributed by atoms with Crippen LogP contribution in [0, 0.1) is 5.82 Å². The summed E-state index contributed by atoms with van der Waals surface area (Å²) in [5, 5.41) is 18.3. The SMILES string of the molecule is Oc1cc(F)cc(-c2cccc3[nH]c(-c4n[nH]c5ccc(-c6ccccn6)nc45)cc23)c1. The van der Waals surface area contributed by atoms with Gasteiger partial charge in [0, 0.05) is 23.2 Å². The Kier molecular flexibility index (Phi) is 4.01. The predicted octanol–water partition coefficient (Wildman–Crippen LogP) is 5.68. The Bertz CT molecular complexity index is 1580. The summed E-state index contributed by atoms with van der Waals surface area (Å²) in [5.74, 6) is -0.602. The van der Waals surface area contributed by atoms with Crippen LogP contribution in [0.3, 0.4) is 0 Å². The summed E-state index contributed by atoms with van der Waals surface area (Å²) >= 11 is 0. The number of fused-ring (bicyclic) bond motifs is 2. The topological polar surface area (TPSA) is 90.5 Å². The first-order valence-electron chi connectivity index (χ1n) is 10.0. The van der Waals surface area contributed by atoms with Gasteiger partial charge in [-0.05, 0) is 59.7 Å². The van der Waals surface area contributed by atoms with Crippen LogP contribution in [-0.4, -0.2) is 30.3 Å². The van der Waals surface area contributed by atoms with E-state index in [0.717, 1.165) is 50.6 Å². The minimum absolute atomic E-state index is 0.114. The second-order valence-corrected chi connectivity index (χ2v) is 7.53. The molecule has 0 saturated heterocycles. The molecule has 32 heavy (non-hydrogen) atoms. The molecule has 0 aliphatic carbocycles. The van der Waals surface area contributed by atoms with E-state index in [0.29, 0.717) is 11.3 Å². The van der Waals surface area contributed by atoms with Gasteiger partial charge in [0.2, 0.25) is 0 Å². The molecule has 6 nitrogen and oxygen atoms in total. The zero-order chi connectivity index (χ0) is 21.7. The zero-order valence-electron chi connectivity index (χ0n) is 16.7. The number of pyridine rings is 2. The van der Waals surface area contributed by atoms with E-state index in [1.807, 2.05) is 54.6 Å². The Balaban J connectivity index is 1.52. The van der Waals surface area contributed by atoms with Crippen molar-refractivity contribution < 1.29 is 9.50 Å². The number of aromatic nitrogens is 5. The molecule has 6 aromatic rings. The van der Waals surface area contributed by atoms with Gasteiger partial charge in [-0.2, -0.15) is 5.10 Å². The van der Waals surface area contributed by atoms with Gasteiger partial charge in [-0.15, -0.1) is 0 Å². The molecule has 0 fully saturated rings. The number of halogens is 1. The monoisotopic (exact) mass is 421 g/mol. The number of nitrogens with zero attached hydrogens (tertiary/aromatic N) is 3. The molecule has 4 heterocycles. The van der Waals surface area contributed by atoms with Gasteiger partial charge in [-0.3, -0.25) is 10.1 Å². The molecule has 0 radical (unpaired) electrons. The molecule has 0 aliphatic heterocycles. The van der Waals surface area contributed by atoms with E-state index >= 15 is 0 Å². The first-order valence-corrected chi connectivity index (χ1v) is 10.0. The maximum Gasteiger partial charge on any atom is 0.135 e. The van der Waals surface area contributed by atoms with Crippen molar-refractivity contribution in [3.8, 4) is 39.7 Å². The second-order valence-electron chi connectivity index (χ2n) is 7.53. The van der Waals surface area contributed by atoms with E-state index in [2.05, 4.69) is 20.2 Å². The van der Waals surface area contributed by atoms with Crippen molar-refractivity contribution in [1.82, 2.24) is 25.1 Å². The van der Waals surface area contributed by atoms with E-state index in [1.165, 1.54) is 6.07 Å². The molecule has 0 amide bonds. The zero-order valence-corrected chi connectivity index (χ0v) is 16.7. The number of rotatable bonds is 3. The summed E-state index contributed by atoms with van der Waals surface area (Å²) in [6, 6.07) is 21.3. The Morgan fingerprint density at radius 1 is 0.844 bits per heavy atom. The van der Waals surface area contributed by atoms with Gasteiger partial charge in [-0.25, -0.2) is 9.37 Å². The maximum absolute atomic E-state index is 13.9. The largest absolute Gasteiger partial charge is 0.508 e. The van der Waals surface area contributed by atoms with Gasteiger partial charge < -0.3 is 10.1 Å². The van der Waals surface area contributed by atoms with E-state index in [9.17, 15) is 9.50 Å². The van der Waals surface area contributed by atoms with Crippen LogP contribution >= 0.6 is 0 Å². The number of aromatic hydroxyl groups is 1. The van der Waals surface area contributed by atoms with Crippen LogP contribution in [0.25, 0.3) is 55.8 Å². The fourth-order valence-corrected chi connectivity index (χ4v) is 4.01. The standard InChI is InChI=1S/C25H16FN5O/c26-15-10-14(11-16(32)12-15)17-4-3-6-19-18(17)13-23(28-19)25-24-22(30-31-25)8-7-21(29-24)20-5-1-2-9-27-20/h1-13,28,32H,(H,30,31). The normalized spacial score (nSPS) is 11.4. The molecule has 0 unspecified atom stereocenters. The molecule has 154 valence electrons. The van der Waals surface area contributed by atoms with Gasteiger partial charge in [0.1, 0.15) is 22.8 Å². The summed E-state index contributed by atoms with van der Waals surface area (Å²) < 4.78 is 13.9. The summed E-state index contributed by atoms with van der Waals surface area (Å²) in [7, 11) is 0. The van der Waals surface area contributed by atoms with Gasteiger partial charge in [0.15, 0.2) is 0 Å². The number of aromatic amines is 2. The van der Waals surface area contributed by atoms with E-state index in [-0.39, 0.29) is 5.75 Å². The van der Waals surface area contributed by atoms with Crippen LogP contribution in [0.2, 0.25) is 0 Å². The number of H-pyrrole nitrogens is 2. The number of phenolic OH excluding ortho intramolecular Hbond substituents is 1. The highest BCUT2D eigenvalue weighted by molar-refractivity contribution is 6.00. The van der Waals surface area contributed by atoms with Crippen molar-refractivity contribution in [3.05, 3.63) is 84.8 Å².